The lowest BCUT2D eigenvalue weighted by Crippen LogP contribution is -2.12. The zero-order chi connectivity index (χ0) is 17.1. The zero-order valence-corrected chi connectivity index (χ0v) is 14.1. The number of carbonyl (C=O) groups excluding carboxylic acids is 1. The van der Waals surface area contributed by atoms with Crippen molar-refractivity contribution in [3.63, 3.8) is 0 Å². The van der Waals surface area contributed by atoms with Crippen LogP contribution in [0.5, 0.6) is 0 Å². The van der Waals surface area contributed by atoms with Crippen molar-refractivity contribution in [1.29, 1.82) is 0 Å². The minimum Gasteiger partial charge on any atom is -0.322 e. The monoisotopic (exact) mass is 316 g/mol. The molecule has 0 aliphatic rings. The minimum absolute atomic E-state index is 0.151. The van der Waals surface area contributed by atoms with Gasteiger partial charge in [0.05, 0.1) is 11.3 Å². The van der Waals surface area contributed by atoms with Crippen LogP contribution in [0.4, 0.5) is 5.69 Å². The lowest BCUT2D eigenvalue weighted by molar-refractivity contribution is 0.102. The number of pyridine rings is 1. The molecule has 120 valence electrons. The van der Waals surface area contributed by atoms with Crippen LogP contribution in [0, 0.1) is 20.8 Å². The number of aromatic nitrogens is 1. The second-order valence-corrected chi connectivity index (χ2v) is 6.00. The fourth-order valence-electron chi connectivity index (χ4n) is 2.57. The van der Waals surface area contributed by atoms with Crippen molar-refractivity contribution in [1.82, 2.24) is 4.98 Å². The first-order valence-corrected chi connectivity index (χ1v) is 7.95. The van der Waals surface area contributed by atoms with E-state index < -0.39 is 0 Å². The number of rotatable bonds is 3. The van der Waals surface area contributed by atoms with Gasteiger partial charge in [0.25, 0.3) is 5.91 Å². The molecular weight excluding hydrogens is 296 g/mol. The number of benzene rings is 2. The number of nitrogens with one attached hydrogen (secondary N) is 1. The molecule has 0 aliphatic heterocycles. The average molecular weight is 316 g/mol. The molecule has 0 aliphatic carbocycles. The van der Waals surface area contributed by atoms with Crippen LogP contribution in [0.15, 0.2) is 60.8 Å². The molecule has 0 bridgehead atoms. The lowest BCUT2D eigenvalue weighted by Gasteiger charge is -2.09. The number of anilines is 1. The summed E-state index contributed by atoms with van der Waals surface area (Å²) in [6, 6.07) is 17.7. The molecule has 0 fully saturated rings. The Labute approximate surface area is 142 Å². The summed E-state index contributed by atoms with van der Waals surface area (Å²) in [5.74, 6) is -0.151. The van der Waals surface area contributed by atoms with E-state index in [1.54, 1.807) is 6.20 Å². The number of nitrogens with zero attached hydrogens (tertiary/aromatic N) is 1. The van der Waals surface area contributed by atoms with Gasteiger partial charge in [-0.2, -0.15) is 0 Å². The van der Waals surface area contributed by atoms with E-state index in [4.69, 9.17) is 0 Å². The molecule has 0 saturated carbocycles. The standard InChI is InChI=1S/C21H20N2O/c1-14-8-10-18(12-16(14)3)23-21(24)17-9-11-20(22-13-17)19-7-5-4-6-15(19)2/h4-13H,1-3H3,(H,23,24). The summed E-state index contributed by atoms with van der Waals surface area (Å²) in [5, 5.41) is 2.92. The lowest BCUT2D eigenvalue weighted by atomic mass is 10.0. The van der Waals surface area contributed by atoms with Crippen molar-refractivity contribution in [2.75, 3.05) is 5.32 Å². The van der Waals surface area contributed by atoms with Gasteiger partial charge >= 0.3 is 0 Å². The van der Waals surface area contributed by atoms with Gasteiger partial charge in [-0.05, 0) is 61.7 Å². The van der Waals surface area contributed by atoms with E-state index in [9.17, 15) is 4.79 Å². The Bertz CT molecular complexity index is 883. The van der Waals surface area contributed by atoms with Crippen molar-refractivity contribution in [2.24, 2.45) is 0 Å². The SMILES string of the molecule is Cc1ccc(NC(=O)c2ccc(-c3ccccc3C)nc2)cc1C. The van der Waals surface area contributed by atoms with Crippen molar-refractivity contribution >= 4 is 11.6 Å². The Morgan fingerprint density at radius 2 is 1.67 bits per heavy atom. The maximum Gasteiger partial charge on any atom is 0.257 e. The average Bonchev–Trinajstić information content (AvgIpc) is 2.59. The van der Waals surface area contributed by atoms with Crippen LogP contribution < -0.4 is 5.32 Å². The molecule has 0 spiro atoms. The minimum atomic E-state index is -0.151. The summed E-state index contributed by atoms with van der Waals surface area (Å²) >= 11 is 0. The van der Waals surface area contributed by atoms with Gasteiger partial charge < -0.3 is 5.32 Å². The molecule has 3 aromatic rings. The van der Waals surface area contributed by atoms with Crippen LogP contribution in [0.1, 0.15) is 27.0 Å². The third-order valence-electron chi connectivity index (χ3n) is 4.21. The highest BCUT2D eigenvalue weighted by Crippen LogP contribution is 2.21. The molecule has 1 aromatic heterocycles. The van der Waals surface area contributed by atoms with Gasteiger partial charge in [0.1, 0.15) is 0 Å². The number of hydrogen-bond acceptors (Lipinski definition) is 2. The fraction of sp³-hybridized carbons (Fsp3) is 0.143. The van der Waals surface area contributed by atoms with Crippen molar-refractivity contribution in [3.8, 4) is 11.3 Å². The number of carbonyl (C=O) groups is 1. The Balaban J connectivity index is 1.79. The van der Waals surface area contributed by atoms with E-state index in [-0.39, 0.29) is 5.91 Å². The Kier molecular flexibility index (Phi) is 4.43. The summed E-state index contributed by atoms with van der Waals surface area (Å²) in [6.45, 7) is 6.13. The fourth-order valence-corrected chi connectivity index (χ4v) is 2.57. The second kappa shape index (κ2) is 6.67. The molecule has 0 radical (unpaired) electrons. The first-order chi connectivity index (χ1) is 11.5. The van der Waals surface area contributed by atoms with Gasteiger partial charge in [0.15, 0.2) is 0 Å². The van der Waals surface area contributed by atoms with Crippen molar-refractivity contribution in [3.05, 3.63) is 83.0 Å². The van der Waals surface area contributed by atoms with Crippen LogP contribution in [0.3, 0.4) is 0 Å². The second-order valence-electron chi connectivity index (χ2n) is 6.00. The molecule has 1 N–H and O–H groups in total. The highest BCUT2D eigenvalue weighted by atomic mass is 16.1. The normalized spacial score (nSPS) is 10.5. The summed E-state index contributed by atoms with van der Waals surface area (Å²) in [5.41, 5.74) is 6.82. The third kappa shape index (κ3) is 3.35. The van der Waals surface area contributed by atoms with E-state index in [1.165, 1.54) is 5.56 Å². The van der Waals surface area contributed by atoms with Gasteiger partial charge in [-0.15, -0.1) is 0 Å². The summed E-state index contributed by atoms with van der Waals surface area (Å²) in [4.78, 5) is 16.8. The first-order valence-electron chi connectivity index (χ1n) is 7.95. The molecule has 3 rings (SSSR count). The molecule has 0 atom stereocenters. The zero-order valence-electron chi connectivity index (χ0n) is 14.1. The highest BCUT2D eigenvalue weighted by molar-refractivity contribution is 6.04. The van der Waals surface area contributed by atoms with Crippen molar-refractivity contribution < 1.29 is 4.79 Å². The van der Waals surface area contributed by atoms with E-state index >= 15 is 0 Å². The predicted molar refractivity (Wildman–Crippen MR) is 98.3 cm³/mol. The summed E-state index contributed by atoms with van der Waals surface area (Å²) < 4.78 is 0. The molecule has 2 aromatic carbocycles. The molecule has 3 heteroatoms. The first kappa shape index (κ1) is 15.9. The number of amides is 1. The van der Waals surface area contributed by atoms with Gasteiger partial charge in [-0.3, -0.25) is 9.78 Å². The van der Waals surface area contributed by atoms with Crippen molar-refractivity contribution in [2.45, 2.75) is 20.8 Å². The Hall–Kier alpha value is -2.94. The Morgan fingerprint density at radius 1 is 0.875 bits per heavy atom. The molecule has 1 heterocycles. The number of hydrogen-bond donors (Lipinski definition) is 1. The summed E-state index contributed by atoms with van der Waals surface area (Å²) in [6.07, 6.45) is 1.62. The molecular formula is C21H20N2O. The van der Waals surface area contributed by atoms with E-state index in [0.29, 0.717) is 5.56 Å². The maximum atomic E-state index is 12.4. The quantitative estimate of drug-likeness (QED) is 0.744. The van der Waals surface area contributed by atoms with Gasteiger partial charge in [-0.1, -0.05) is 30.3 Å². The number of aryl methyl sites for hydroxylation is 3. The molecule has 0 saturated heterocycles. The molecule has 3 nitrogen and oxygen atoms in total. The van der Waals surface area contributed by atoms with Crippen LogP contribution >= 0.6 is 0 Å². The molecule has 1 amide bonds. The Morgan fingerprint density at radius 3 is 2.33 bits per heavy atom. The van der Waals surface area contributed by atoms with E-state index in [2.05, 4.69) is 30.2 Å². The third-order valence-corrected chi connectivity index (χ3v) is 4.21. The smallest absolute Gasteiger partial charge is 0.257 e. The van der Waals surface area contributed by atoms with Gasteiger partial charge in [0, 0.05) is 17.4 Å². The van der Waals surface area contributed by atoms with Gasteiger partial charge in [0.2, 0.25) is 0 Å². The maximum absolute atomic E-state index is 12.4. The topological polar surface area (TPSA) is 42.0 Å². The van der Waals surface area contributed by atoms with Crippen LogP contribution in [0.25, 0.3) is 11.3 Å². The van der Waals surface area contributed by atoms with Gasteiger partial charge in [-0.25, -0.2) is 0 Å². The molecule has 0 unspecified atom stereocenters. The highest BCUT2D eigenvalue weighted by Gasteiger charge is 2.09. The van der Waals surface area contributed by atoms with E-state index in [1.807, 2.05) is 55.5 Å². The summed E-state index contributed by atoms with van der Waals surface area (Å²) in [7, 11) is 0. The van der Waals surface area contributed by atoms with Crippen LogP contribution in [-0.2, 0) is 0 Å². The largest absolute Gasteiger partial charge is 0.322 e. The van der Waals surface area contributed by atoms with Crippen LogP contribution in [0.2, 0.25) is 0 Å². The van der Waals surface area contributed by atoms with E-state index in [0.717, 1.165) is 28.1 Å². The predicted octanol–water partition coefficient (Wildman–Crippen LogP) is 4.93. The molecule has 24 heavy (non-hydrogen) atoms. The van der Waals surface area contributed by atoms with Crippen LogP contribution in [-0.4, -0.2) is 10.9 Å².